The van der Waals surface area contributed by atoms with Gasteiger partial charge in [-0.05, 0) is 43.2 Å². The minimum atomic E-state index is -0.215. The first-order valence-electron chi connectivity index (χ1n) is 9.23. The number of pyridine rings is 1. The van der Waals surface area contributed by atoms with E-state index >= 15 is 0 Å². The molecule has 0 saturated carbocycles. The minimum absolute atomic E-state index is 0.129. The fourth-order valence-electron chi connectivity index (χ4n) is 3.33. The molecule has 4 rings (SSSR count). The lowest BCUT2D eigenvalue weighted by Crippen LogP contribution is -2.28. The van der Waals surface area contributed by atoms with Crippen LogP contribution < -0.4 is 0 Å². The van der Waals surface area contributed by atoms with Crippen LogP contribution in [0.3, 0.4) is 0 Å². The summed E-state index contributed by atoms with van der Waals surface area (Å²) in [6.07, 6.45) is 8.86. The molecule has 0 unspecified atom stereocenters. The van der Waals surface area contributed by atoms with E-state index < -0.39 is 0 Å². The number of carbonyl (C=O) groups is 1. The van der Waals surface area contributed by atoms with Gasteiger partial charge in [-0.3, -0.25) is 9.78 Å². The molecule has 138 valence electrons. The summed E-state index contributed by atoms with van der Waals surface area (Å²) in [7, 11) is 0. The van der Waals surface area contributed by atoms with Crippen LogP contribution in [0.1, 0.15) is 18.4 Å². The number of carbonyl (C=O) groups excluding carboxylic acids is 1. The van der Waals surface area contributed by atoms with E-state index in [0.29, 0.717) is 18.8 Å². The normalized spacial score (nSPS) is 14.1. The number of hydrogen-bond donors (Lipinski definition) is 0. The van der Waals surface area contributed by atoms with E-state index in [0.717, 1.165) is 29.7 Å². The molecule has 1 fully saturated rings. The maximum absolute atomic E-state index is 12.7. The first-order valence-corrected chi connectivity index (χ1v) is 9.23. The zero-order valence-electron chi connectivity index (χ0n) is 15.3. The third-order valence-electron chi connectivity index (χ3n) is 4.76. The van der Waals surface area contributed by atoms with Crippen LogP contribution in [0, 0.1) is 11.3 Å². The summed E-state index contributed by atoms with van der Waals surface area (Å²) >= 11 is 0. The third kappa shape index (κ3) is 3.55. The van der Waals surface area contributed by atoms with E-state index in [9.17, 15) is 10.1 Å². The van der Waals surface area contributed by atoms with E-state index in [1.165, 1.54) is 0 Å². The lowest BCUT2D eigenvalue weighted by atomic mass is 10.1. The van der Waals surface area contributed by atoms with Crippen molar-refractivity contribution < 1.29 is 4.79 Å². The average Bonchev–Trinajstić information content (AvgIpc) is 3.43. The predicted octanol–water partition coefficient (Wildman–Crippen LogP) is 3.46. The van der Waals surface area contributed by atoms with Crippen molar-refractivity contribution in [2.45, 2.75) is 12.8 Å². The van der Waals surface area contributed by atoms with Gasteiger partial charge in [-0.1, -0.05) is 18.2 Å². The molecule has 1 aliphatic heterocycles. The molecule has 1 aromatic carbocycles. The Morgan fingerprint density at radius 3 is 2.46 bits per heavy atom. The first-order chi connectivity index (χ1) is 13.8. The van der Waals surface area contributed by atoms with Gasteiger partial charge >= 0.3 is 0 Å². The van der Waals surface area contributed by atoms with Crippen LogP contribution in [0.4, 0.5) is 0 Å². The molecule has 1 amide bonds. The number of nitrogens with zero attached hydrogens (tertiary/aromatic N) is 5. The zero-order valence-corrected chi connectivity index (χ0v) is 15.3. The highest BCUT2D eigenvalue weighted by atomic mass is 16.2. The first kappa shape index (κ1) is 17.7. The Bertz CT molecular complexity index is 1040. The van der Waals surface area contributed by atoms with E-state index in [2.05, 4.69) is 11.1 Å². The third-order valence-corrected chi connectivity index (χ3v) is 4.76. The Hall–Kier alpha value is -3.72. The molecule has 0 radical (unpaired) electrons. The number of benzene rings is 1. The van der Waals surface area contributed by atoms with E-state index in [1.54, 1.807) is 28.1 Å². The van der Waals surface area contributed by atoms with Gasteiger partial charge in [0.1, 0.15) is 17.3 Å². The fourth-order valence-corrected chi connectivity index (χ4v) is 3.33. The number of para-hydroxylation sites is 1. The van der Waals surface area contributed by atoms with Gasteiger partial charge < -0.3 is 4.90 Å². The van der Waals surface area contributed by atoms with Gasteiger partial charge in [0.2, 0.25) is 0 Å². The number of aromatic nitrogens is 3. The van der Waals surface area contributed by atoms with Gasteiger partial charge in [-0.15, -0.1) is 0 Å². The summed E-state index contributed by atoms with van der Waals surface area (Å²) in [6.45, 7) is 1.41. The second-order valence-electron chi connectivity index (χ2n) is 6.62. The smallest absolute Gasteiger partial charge is 0.264 e. The van der Waals surface area contributed by atoms with Crippen molar-refractivity contribution in [3.8, 4) is 23.0 Å². The summed E-state index contributed by atoms with van der Waals surface area (Å²) in [6, 6.07) is 15.5. The lowest BCUT2D eigenvalue weighted by molar-refractivity contribution is -0.125. The van der Waals surface area contributed by atoms with Crippen molar-refractivity contribution in [1.82, 2.24) is 19.7 Å². The van der Waals surface area contributed by atoms with Crippen LogP contribution in [0.5, 0.6) is 0 Å². The maximum Gasteiger partial charge on any atom is 0.264 e. The second-order valence-corrected chi connectivity index (χ2v) is 6.62. The highest BCUT2D eigenvalue weighted by Crippen LogP contribution is 2.26. The van der Waals surface area contributed by atoms with Crippen molar-refractivity contribution in [3.63, 3.8) is 0 Å². The van der Waals surface area contributed by atoms with E-state index in [1.807, 2.05) is 48.7 Å². The monoisotopic (exact) mass is 369 g/mol. The fraction of sp³-hybridized carbons (Fsp3) is 0.182. The molecule has 0 aliphatic carbocycles. The molecule has 3 aromatic rings. The predicted molar refractivity (Wildman–Crippen MR) is 106 cm³/mol. The number of hydrogen-bond acceptors (Lipinski definition) is 4. The molecular weight excluding hydrogens is 350 g/mol. The molecule has 3 heterocycles. The highest BCUT2D eigenvalue weighted by Gasteiger charge is 2.22. The van der Waals surface area contributed by atoms with Crippen molar-refractivity contribution in [3.05, 3.63) is 72.2 Å². The van der Waals surface area contributed by atoms with Gasteiger partial charge in [-0.2, -0.15) is 10.4 Å². The Morgan fingerprint density at radius 1 is 1.07 bits per heavy atom. The second kappa shape index (κ2) is 7.89. The molecule has 0 spiro atoms. The number of amides is 1. The summed E-state index contributed by atoms with van der Waals surface area (Å²) in [5.74, 6) is -0.215. The molecule has 1 saturated heterocycles. The minimum Gasteiger partial charge on any atom is -0.338 e. The molecular formula is C22H19N5O. The number of likely N-dealkylation sites (tertiary alicyclic amines) is 1. The molecule has 6 heteroatoms. The maximum atomic E-state index is 12.7. The zero-order chi connectivity index (χ0) is 19.3. The molecule has 0 atom stereocenters. The van der Waals surface area contributed by atoms with Crippen molar-refractivity contribution >= 4 is 12.0 Å². The average molecular weight is 369 g/mol. The van der Waals surface area contributed by atoms with Crippen LogP contribution in [0.15, 0.2) is 66.6 Å². The number of rotatable bonds is 4. The Kier molecular flexibility index (Phi) is 4.98. The number of nitriles is 1. The topological polar surface area (TPSA) is 74.8 Å². The Balaban J connectivity index is 1.79. The van der Waals surface area contributed by atoms with Crippen LogP contribution in [0.2, 0.25) is 0 Å². The lowest BCUT2D eigenvalue weighted by Gasteiger charge is -2.13. The quantitative estimate of drug-likeness (QED) is 0.521. The molecule has 2 aromatic heterocycles. The standard InChI is InChI=1S/C22H19N5O/c23-15-18(22(28)26-12-4-5-13-26)14-19-16-27(20-6-2-1-3-7-20)25-21(19)17-8-10-24-11-9-17/h1-3,6-11,14,16H,4-5,12-13H2/b18-14+. The van der Waals surface area contributed by atoms with Crippen LogP contribution in [0.25, 0.3) is 23.0 Å². The molecule has 0 N–H and O–H groups in total. The summed E-state index contributed by atoms with van der Waals surface area (Å²) in [4.78, 5) is 18.5. The van der Waals surface area contributed by atoms with Crippen molar-refractivity contribution in [2.24, 2.45) is 0 Å². The largest absolute Gasteiger partial charge is 0.338 e. The molecule has 6 nitrogen and oxygen atoms in total. The summed E-state index contributed by atoms with van der Waals surface area (Å²) in [5, 5.41) is 14.3. The Morgan fingerprint density at radius 2 is 1.79 bits per heavy atom. The van der Waals surface area contributed by atoms with Gasteiger partial charge in [0.15, 0.2) is 0 Å². The van der Waals surface area contributed by atoms with Gasteiger partial charge in [0.25, 0.3) is 5.91 Å². The van der Waals surface area contributed by atoms with Gasteiger partial charge in [-0.25, -0.2) is 4.68 Å². The highest BCUT2D eigenvalue weighted by molar-refractivity contribution is 6.02. The molecule has 28 heavy (non-hydrogen) atoms. The van der Waals surface area contributed by atoms with Gasteiger partial charge in [0.05, 0.1) is 5.69 Å². The van der Waals surface area contributed by atoms with E-state index in [-0.39, 0.29) is 11.5 Å². The van der Waals surface area contributed by atoms with Gasteiger partial charge in [0, 0.05) is 42.8 Å². The molecule has 0 bridgehead atoms. The summed E-state index contributed by atoms with van der Waals surface area (Å²) in [5.41, 5.74) is 3.33. The SMILES string of the molecule is N#C/C(=C\c1cn(-c2ccccc2)nc1-c1ccncc1)C(=O)N1CCCC1. The van der Waals surface area contributed by atoms with Crippen LogP contribution >= 0.6 is 0 Å². The van der Waals surface area contributed by atoms with Crippen LogP contribution in [-0.2, 0) is 4.79 Å². The Labute approximate surface area is 163 Å². The molecule has 1 aliphatic rings. The van der Waals surface area contributed by atoms with Crippen molar-refractivity contribution in [1.29, 1.82) is 5.26 Å². The van der Waals surface area contributed by atoms with Crippen molar-refractivity contribution in [2.75, 3.05) is 13.1 Å². The summed E-state index contributed by atoms with van der Waals surface area (Å²) < 4.78 is 1.76. The van der Waals surface area contributed by atoms with Crippen LogP contribution in [-0.4, -0.2) is 38.7 Å². The van der Waals surface area contributed by atoms with E-state index in [4.69, 9.17) is 5.10 Å².